The number of allylic oxidation sites excluding steroid dienone is 2. The number of hydrogen-bond donors (Lipinski definition) is 1. The molecule has 2 fully saturated rings. The summed E-state index contributed by atoms with van der Waals surface area (Å²) < 4.78 is 5.19. The van der Waals surface area contributed by atoms with Crippen LogP contribution < -0.4 is 10.2 Å². The molecule has 2 aromatic rings. The molecule has 2 aliphatic carbocycles. The number of imide groups is 1. The fourth-order valence-electron chi connectivity index (χ4n) is 4.60. The maximum Gasteiger partial charge on any atom is 0.251 e. The fourth-order valence-corrected chi connectivity index (χ4v) is 4.60. The van der Waals surface area contributed by atoms with Crippen LogP contribution in [0.15, 0.2) is 59.2 Å². The van der Waals surface area contributed by atoms with E-state index in [0.29, 0.717) is 23.6 Å². The quantitative estimate of drug-likeness (QED) is 0.670. The second-order valence-electron chi connectivity index (χ2n) is 7.32. The summed E-state index contributed by atoms with van der Waals surface area (Å²) in [5.41, 5.74) is 0.993. The zero-order valence-corrected chi connectivity index (χ0v) is 14.5. The van der Waals surface area contributed by atoms with Gasteiger partial charge in [-0.15, -0.1) is 0 Å². The first-order valence-corrected chi connectivity index (χ1v) is 9.10. The van der Waals surface area contributed by atoms with E-state index in [9.17, 15) is 14.4 Å². The van der Waals surface area contributed by atoms with Gasteiger partial charge < -0.3 is 9.73 Å². The summed E-state index contributed by atoms with van der Waals surface area (Å²) in [7, 11) is 0. The number of carbonyl (C=O) groups is 3. The van der Waals surface area contributed by atoms with E-state index in [-0.39, 0.29) is 41.4 Å². The van der Waals surface area contributed by atoms with Crippen LogP contribution in [0, 0.1) is 23.7 Å². The maximum absolute atomic E-state index is 12.8. The van der Waals surface area contributed by atoms with Crippen molar-refractivity contribution in [3.63, 3.8) is 0 Å². The summed E-state index contributed by atoms with van der Waals surface area (Å²) in [5, 5.41) is 2.77. The normalized spacial score (nSPS) is 28.1. The lowest BCUT2D eigenvalue weighted by molar-refractivity contribution is -0.123. The minimum Gasteiger partial charge on any atom is -0.467 e. The molecule has 1 aromatic heterocycles. The number of furan rings is 1. The molecule has 0 unspecified atom stereocenters. The number of rotatable bonds is 4. The molecule has 136 valence electrons. The standard InChI is InChI=1S/C21H18N2O4/c24-19(22-11-16-2-1-9-27-16)12-5-7-15(8-6-12)23-20(25)17-13-3-4-14(10-13)18(17)21(23)26/h1-9,13-14,17-18H,10-11H2,(H,22,24)/t13-,14-,17-,18+/m1/s1. The van der Waals surface area contributed by atoms with Gasteiger partial charge in [0, 0.05) is 5.56 Å². The summed E-state index contributed by atoms with van der Waals surface area (Å²) in [4.78, 5) is 39.2. The highest BCUT2D eigenvalue weighted by Gasteiger charge is 2.59. The first kappa shape index (κ1) is 16.1. The van der Waals surface area contributed by atoms with Crippen LogP contribution in [0.2, 0.25) is 0 Å². The highest BCUT2D eigenvalue weighted by Crippen LogP contribution is 2.53. The van der Waals surface area contributed by atoms with E-state index in [2.05, 4.69) is 17.5 Å². The van der Waals surface area contributed by atoms with Gasteiger partial charge in [-0.1, -0.05) is 12.2 Å². The second-order valence-corrected chi connectivity index (χ2v) is 7.32. The average molecular weight is 362 g/mol. The number of nitrogens with one attached hydrogen (secondary N) is 1. The smallest absolute Gasteiger partial charge is 0.251 e. The topological polar surface area (TPSA) is 79.6 Å². The predicted octanol–water partition coefficient (Wildman–Crippen LogP) is 2.52. The van der Waals surface area contributed by atoms with Crippen LogP contribution in [-0.2, 0) is 16.1 Å². The summed E-state index contributed by atoms with van der Waals surface area (Å²) in [6, 6.07) is 10.1. The Labute approximate surface area is 155 Å². The minimum absolute atomic E-state index is 0.114. The van der Waals surface area contributed by atoms with E-state index in [1.165, 1.54) is 4.90 Å². The third-order valence-corrected chi connectivity index (χ3v) is 5.86. The molecule has 2 bridgehead atoms. The van der Waals surface area contributed by atoms with Crippen molar-refractivity contribution in [2.45, 2.75) is 13.0 Å². The lowest BCUT2D eigenvalue weighted by Gasteiger charge is -2.17. The summed E-state index contributed by atoms with van der Waals surface area (Å²) in [5.74, 6) is 0.140. The van der Waals surface area contributed by atoms with Crippen LogP contribution >= 0.6 is 0 Å². The number of amides is 3. The Bertz CT molecular complexity index is 915. The van der Waals surface area contributed by atoms with Gasteiger partial charge in [0.1, 0.15) is 5.76 Å². The Morgan fingerprint density at radius 3 is 2.30 bits per heavy atom. The van der Waals surface area contributed by atoms with Crippen molar-refractivity contribution in [3.05, 3.63) is 66.1 Å². The number of anilines is 1. The maximum atomic E-state index is 12.8. The predicted molar refractivity (Wildman–Crippen MR) is 96.5 cm³/mol. The van der Waals surface area contributed by atoms with E-state index in [4.69, 9.17) is 4.42 Å². The monoisotopic (exact) mass is 362 g/mol. The van der Waals surface area contributed by atoms with E-state index >= 15 is 0 Å². The van der Waals surface area contributed by atoms with Gasteiger partial charge in [-0.3, -0.25) is 19.3 Å². The molecule has 1 saturated carbocycles. The van der Waals surface area contributed by atoms with Crippen molar-refractivity contribution in [3.8, 4) is 0 Å². The molecule has 3 aliphatic rings. The van der Waals surface area contributed by atoms with Gasteiger partial charge in [0.15, 0.2) is 0 Å². The van der Waals surface area contributed by atoms with Crippen molar-refractivity contribution in [1.82, 2.24) is 5.32 Å². The van der Waals surface area contributed by atoms with Crippen molar-refractivity contribution in [1.29, 1.82) is 0 Å². The molecule has 4 atom stereocenters. The van der Waals surface area contributed by atoms with Crippen LogP contribution in [0.1, 0.15) is 22.5 Å². The summed E-state index contributed by atoms with van der Waals surface area (Å²) in [6.07, 6.45) is 6.62. The third-order valence-electron chi connectivity index (χ3n) is 5.86. The first-order chi connectivity index (χ1) is 13.1. The number of carbonyl (C=O) groups excluding carboxylic acids is 3. The molecule has 0 spiro atoms. The number of fused-ring (bicyclic) bond motifs is 5. The molecule has 0 radical (unpaired) electrons. The van der Waals surface area contributed by atoms with Gasteiger partial charge in [0.2, 0.25) is 11.8 Å². The van der Waals surface area contributed by atoms with Crippen LogP contribution in [0.5, 0.6) is 0 Å². The van der Waals surface area contributed by atoms with Crippen LogP contribution in [0.4, 0.5) is 5.69 Å². The van der Waals surface area contributed by atoms with E-state index in [0.717, 1.165) is 6.42 Å². The molecular formula is C21H18N2O4. The third kappa shape index (κ3) is 2.44. The van der Waals surface area contributed by atoms with Crippen molar-refractivity contribution < 1.29 is 18.8 Å². The molecule has 6 heteroatoms. The Balaban J connectivity index is 1.31. The summed E-state index contributed by atoms with van der Waals surface area (Å²) in [6.45, 7) is 0.301. The minimum atomic E-state index is -0.240. The largest absolute Gasteiger partial charge is 0.467 e. The van der Waals surface area contributed by atoms with Gasteiger partial charge >= 0.3 is 0 Å². The lowest BCUT2D eigenvalue weighted by Crippen LogP contribution is -2.32. The second kappa shape index (κ2) is 5.94. The van der Waals surface area contributed by atoms with Crippen molar-refractivity contribution in [2.24, 2.45) is 23.7 Å². The van der Waals surface area contributed by atoms with Crippen LogP contribution in [0.3, 0.4) is 0 Å². The molecular weight excluding hydrogens is 344 g/mol. The average Bonchev–Trinajstić information content (AvgIpc) is 3.45. The molecule has 3 amide bonds. The van der Waals surface area contributed by atoms with Gasteiger partial charge in [0.25, 0.3) is 5.91 Å². The Morgan fingerprint density at radius 2 is 1.70 bits per heavy atom. The molecule has 1 N–H and O–H groups in total. The fraction of sp³-hybridized carbons (Fsp3) is 0.286. The Kier molecular flexibility index (Phi) is 3.53. The van der Waals surface area contributed by atoms with Crippen LogP contribution in [0.25, 0.3) is 0 Å². The molecule has 1 saturated heterocycles. The number of hydrogen-bond acceptors (Lipinski definition) is 4. The molecule has 5 rings (SSSR count). The van der Waals surface area contributed by atoms with Crippen molar-refractivity contribution >= 4 is 23.4 Å². The first-order valence-electron chi connectivity index (χ1n) is 9.10. The van der Waals surface area contributed by atoms with Gasteiger partial charge in [0.05, 0.1) is 30.3 Å². The Morgan fingerprint density at radius 1 is 1.04 bits per heavy atom. The van der Waals surface area contributed by atoms with Gasteiger partial charge in [-0.05, 0) is 54.7 Å². The molecule has 6 nitrogen and oxygen atoms in total. The van der Waals surface area contributed by atoms with E-state index in [1.807, 2.05) is 0 Å². The number of nitrogens with zero attached hydrogens (tertiary/aromatic N) is 1. The Hall–Kier alpha value is -3.15. The zero-order chi connectivity index (χ0) is 18.5. The molecule has 2 heterocycles. The SMILES string of the molecule is O=C(NCc1ccco1)c1ccc(N2C(=O)[C@@H]3[C@H](C2=O)[C@@H]2C=C[C@@H]3C2)cc1. The van der Waals surface area contributed by atoms with Crippen molar-refractivity contribution in [2.75, 3.05) is 4.90 Å². The van der Waals surface area contributed by atoms with Gasteiger partial charge in [-0.25, -0.2) is 0 Å². The molecule has 1 aromatic carbocycles. The molecule has 27 heavy (non-hydrogen) atoms. The highest BCUT2D eigenvalue weighted by molar-refractivity contribution is 6.22. The number of benzene rings is 1. The van der Waals surface area contributed by atoms with E-state index in [1.54, 1.807) is 42.7 Å². The van der Waals surface area contributed by atoms with Gasteiger partial charge in [-0.2, -0.15) is 0 Å². The summed E-state index contributed by atoms with van der Waals surface area (Å²) >= 11 is 0. The highest BCUT2D eigenvalue weighted by atomic mass is 16.3. The zero-order valence-electron chi connectivity index (χ0n) is 14.5. The molecule has 1 aliphatic heterocycles. The lowest BCUT2D eigenvalue weighted by atomic mass is 9.85. The van der Waals surface area contributed by atoms with Crippen LogP contribution in [-0.4, -0.2) is 17.7 Å². The van der Waals surface area contributed by atoms with E-state index < -0.39 is 0 Å².